The molecule has 0 atom stereocenters. The summed E-state index contributed by atoms with van der Waals surface area (Å²) < 4.78 is 0. The van der Waals surface area contributed by atoms with Crippen LogP contribution in [-0.4, -0.2) is 35.9 Å². The number of ketones is 1. The monoisotopic (exact) mass is 400 g/mol. The molecule has 0 aliphatic heterocycles. The maximum Gasteiger partial charge on any atom is 0.220 e. The number of benzene rings is 2. The number of hydrogen-bond donors (Lipinski definition) is 4. The first-order valence-electron chi connectivity index (χ1n) is 8.81. The van der Waals surface area contributed by atoms with Crippen LogP contribution in [0.4, 0.5) is 11.9 Å². The summed E-state index contributed by atoms with van der Waals surface area (Å²) in [7, 11) is 0. The van der Waals surface area contributed by atoms with Crippen LogP contribution in [0, 0.1) is 0 Å². The lowest BCUT2D eigenvalue weighted by atomic mass is 9.97. The molecule has 0 aliphatic rings. The molecule has 0 saturated heterocycles. The zero-order chi connectivity index (χ0) is 21.3. The summed E-state index contributed by atoms with van der Waals surface area (Å²) >= 11 is 0. The Morgan fingerprint density at radius 2 is 1.13 bits per heavy atom. The van der Waals surface area contributed by atoms with Crippen molar-refractivity contribution in [2.75, 3.05) is 11.5 Å². The van der Waals surface area contributed by atoms with Crippen molar-refractivity contribution < 1.29 is 15.0 Å². The van der Waals surface area contributed by atoms with Gasteiger partial charge in [0.25, 0.3) is 0 Å². The molecule has 148 valence electrons. The van der Waals surface area contributed by atoms with Crippen molar-refractivity contribution in [2.45, 2.75) is 0 Å². The Kier molecular flexibility index (Phi) is 4.69. The zero-order valence-electron chi connectivity index (χ0n) is 15.5. The summed E-state index contributed by atoms with van der Waals surface area (Å²) in [6.07, 6.45) is 2.93. The van der Waals surface area contributed by atoms with Gasteiger partial charge in [-0.1, -0.05) is 0 Å². The molecule has 2 heterocycles. The first kappa shape index (κ1) is 18.8. The average Bonchev–Trinajstić information content (AvgIpc) is 2.74. The van der Waals surface area contributed by atoms with Gasteiger partial charge >= 0.3 is 0 Å². The van der Waals surface area contributed by atoms with Gasteiger partial charge in [0, 0.05) is 34.6 Å². The van der Waals surface area contributed by atoms with Crippen LogP contribution in [0.3, 0.4) is 0 Å². The molecule has 2 aromatic carbocycles. The second kappa shape index (κ2) is 7.47. The fourth-order valence-electron chi connectivity index (χ4n) is 2.98. The summed E-state index contributed by atoms with van der Waals surface area (Å²) in [6, 6.07) is 12.0. The van der Waals surface area contributed by atoms with Crippen molar-refractivity contribution in [1.29, 1.82) is 0 Å². The predicted octanol–water partition coefficient (Wildman–Crippen LogP) is 2.41. The minimum Gasteiger partial charge on any atom is -0.507 e. The number of carbonyl (C=O) groups is 1. The van der Waals surface area contributed by atoms with E-state index in [1.54, 1.807) is 12.1 Å². The predicted molar refractivity (Wildman–Crippen MR) is 111 cm³/mol. The van der Waals surface area contributed by atoms with Crippen molar-refractivity contribution in [3.8, 4) is 34.0 Å². The van der Waals surface area contributed by atoms with Gasteiger partial charge in [-0.05, 0) is 48.5 Å². The highest BCUT2D eigenvalue weighted by Crippen LogP contribution is 2.32. The van der Waals surface area contributed by atoms with E-state index in [2.05, 4.69) is 19.9 Å². The normalized spacial score (nSPS) is 10.7. The number of rotatable bonds is 4. The van der Waals surface area contributed by atoms with E-state index in [0.717, 1.165) is 0 Å². The Morgan fingerprint density at radius 1 is 0.700 bits per heavy atom. The highest BCUT2D eigenvalue weighted by Gasteiger charge is 2.16. The number of phenolic OH excluding ortho intramolecular Hbond substituents is 2. The van der Waals surface area contributed by atoms with Gasteiger partial charge < -0.3 is 21.7 Å². The van der Waals surface area contributed by atoms with Crippen LogP contribution in [-0.2, 0) is 0 Å². The molecule has 0 fully saturated rings. The largest absolute Gasteiger partial charge is 0.507 e. The molecule has 6 N–H and O–H groups in total. The molecular weight excluding hydrogens is 384 g/mol. The topological polar surface area (TPSA) is 161 Å². The third-order valence-corrected chi connectivity index (χ3v) is 4.42. The van der Waals surface area contributed by atoms with Crippen LogP contribution >= 0.6 is 0 Å². The summed E-state index contributed by atoms with van der Waals surface area (Å²) in [4.78, 5) is 28.9. The highest BCUT2D eigenvalue weighted by atomic mass is 16.3. The lowest BCUT2D eigenvalue weighted by Gasteiger charge is -2.10. The number of hydrogen-bond acceptors (Lipinski definition) is 9. The summed E-state index contributed by atoms with van der Waals surface area (Å²) in [5, 5.41) is 20.4. The molecule has 0 unspecified atom stereocenters. The van der Waals surface area contributed by atoms with Crippen molar-refractivity contribution in [2.24, 2.45) is 0 Å². The van der Waals surface area contributed by atoms with E-state index in [4.69, 9.17) is 11.5 Å². The smallest absolute Gasteiger partial charge is 0.220 e. The average molecular weight is 400 g/mol. The van der Waals surface area contributed by atoms with E-state index in [1.807, 2.05) is 0 Å². The third-order valence-electron chi connectivity index (χ3n) is 4.42. The summed E-state index contributed by atoms with van der Waals surface area (Å²) in [5.41, 5.74) is 13.3. The number of aromatic nitrogens is 4. The van der Waals surface area contributed by atoms with Gasteiger partial charge in [0.15, 0.2) is 5.78 Å². The Hall–Kier alpha value is -4.53. The lowest BCUT2D eigenvalue weighted by molar-refractivity contribution is 0.103. The fourth-order valence-corrected chi connectivity index (χ4v) is 2.98. The van der Waals surface area contributed by atoms with Gasteiger partial charge in [-0.3, -0.25) is 4.79 Å². The molecule has 4 aromatic rings. The number of nitrogens with zero attached hydrogens (tertiary/aromatic N) is 4. The Morgan fingerprint density at radius 3 is 1.53 bits per heavy atom. The van der Waals surface area contributed by atoms with E-state index >= 15 is 0 Å². The molecule has 9 heteroatoms. The number of anilines is 2. The van der Waals surface area contributed by atoms with Gasteiger partial charge in [-0.25, -0.2) is 19.9 Å². The summed E-state index contributed by atoms with van der Waals surface area (Å²) in [6.45, 7) is 0. The van der Waals surface area contributed by atoms with Crippen LogP contribution < -0.4 is 11.5 Å². The summed E-state index contributed by atoms with van der Waals surface area (Å²) in [5.74, 6) is -0.312. The third kappa shape index (κ3) is 3.59. The van der Waals surface area contributed by atoms with E-state index < -0.39 is 0 Å². The minimum absolute atomic E-state index is 0.0486. The highest BCUT2D eigenvalue weighted by molar-refractivity contribution is 6.10. The number of phenols is 2. The molecule has 30 heavy (non-hydrogen) atoms. The molecular formula is C21H16N6O3. The van der Waals surface area contributed by atoms with Gasteiger partial charge in [0.2, 0.25) is 11.9 Å². The molecule has 0 saturated carbocycles. The van der Waals surface area contributed by atoms with Crippen LogP contribution in [0.5, 0.6) is 11.5 Å². The molecule has 0 aliphatic carbocycles. The molecule has 4 rings (SSSR count). The van der Waals surface area contributed by atoms with Crippen molar-refractivity contribution >= 4 is 17.7 Å². The van der Waals surface area contributed by atoms with Crippen LogP contribution in [0.1, 0.15) is 15.9 Å². The van der Waals surface area contributed by atoms with Crippen molar-refractivity contribution in [3.63, 3.8) is 0 Å². The molecule has 2 aromatic heterocycles. The standard InChI is InChI=1S/C21H16N6O3/c22-20-24-7-5-15(26-20)13-9-11(1-3-17(13)28)19(30)12-2-4-18(29)14(10-12)16-6-8-25-21(23)27-16/h1-10,28-29H,(H2,22,24,26)(H2,23,25,27). The van der Waals surface area contributed by atoms with E-state index in [0.29, 0.717) is 33.6 Å². The van der Waals surface area contributed by atoms with Crippen LogP contribution in [0.15, 0.2) is 60.9 Å². The first-order chi connectivity index (χ1) is 14.4. The molecule has 0 bridgehead atoms. The number of carbonyl (C=O) groups excluding carboxylic acids is 1. The first-order valence-corrected chi connectivity index (χ1v) is 8.81. The van der Waals surface area contributed by atoms with Gasteiger partial charge in [0.05, 0.1) is 11.4 Å². The van der Waals surface area contributed by atoms with Gasteiger partial charge in [-0.2, -0.15) is 0 Å². The number of aromatic hydroxyl groups is 2. The Balaban J connectivity index is 1.75. The zero-order valence-corrected chi connectivity index (χ0v) is 15.5. The van der Waals surface area contributed by atoms with E-state index in [9.17, 15) is 15.0 Å². The molecule has 9 nitrogen and oxygen atoms in total. The lowest BCUT2D eigenvalue weighted by Crippen LogP contribution is -2.03. The maximum atomic E-state index is 13.1. The quantitative estimate of drug-likeness (QED) is 0.377. The number of nitrogens with two attached hydrogens (primary N) is 2. The van der Waals surface area contributed by atoms with Crippen molar-refractivity contribution in [3.05, 3.63) is 72.1 Å². The van der Waals surface area contributed by atoms with Gasteiger partial charge in [0.1, 0.15) is 11.5 Å². The van der Waals surface area contributed by atoms with Crippen LogP contribution in [0.25, 0.3) is 22.5 Å². The number of nitrogen functional groups attached to an aromatic ring is 2. The molecule has 0 radical (unpaired) electrons. The second-order valence-corrected chi connectivity index (χ2v) is 6.39. The van der Waals surface area contributed by atoms with E-state index in [1.165, 1.54) is 48.8 Å². The Bertz CT molecular complexity index is 1180. The molecule has 0 spiro atoms. The SMILES string of the molecule is Nc1nccc(-c2cc(C(=O)c3ccc(O)c(-c4ccnc(N)n4)c3)ccc2O)n1. The molecule has 0 amide bonds. The Labute approximate surface area is 170 Å². The minimum atomic E-state index is -0.318. The van der Waals surface area contributed by atoms with Gasteiger partial charge in [-0.15, -0.1) is 0 Å². The maximum absolute atomic E-state index is 13.1. The van der Waals surface area contributed by atoms with Crippen LogP contribution in [0.2, 0.25) is 0 Å². The van der Waals surface area contributed by atoms with E-state index in [-0.39, 0.29) is 29.2 Å². The second-order valence-electron chi connectivity index (χ2n) is 6.39. The fraction of sp³-hybridized carbons (Fsp3) is 0. The van der Waals surface area contributed by atoms with Crippen molar-refractivity contribution in [1.82, 2.24) is 19.9 Å².